The van der Waals surface area contributed by atoms with Crippen LogP contribution in [0.25, 0.3) is 10.9 Å². The lowest BCUT2D eigenvalue weighted by Crippen LogP contribution is -2.01. The van der Waals surface area contributed by atoms with Crippen molar-refractivity contribution in [2.45, 2.75) is 0 Å². The molecule has 0 saturated heterocycles. The summed E-state index contributed by atoms with van der Waals surface area (Å²) in [4.78, 5) is 11.4. The first-order valence-electron chi connectivity index (χ1n) is 3.64. The normalized spacial score (nSPS) is 11.0. The Kier molecular flexibility index (Phi) is 1.96. The van der Waals surface area contributed by atoms with Crippen LogP contribution in [0.3, 0.4) is 0 Å². The number of nitrogens with one attached hydrogen (secondary N) is 1. The summed E-state index contributed by atoms with van der Waals surface area (Å²) in [6, 6.07) is 3.52. The lowest BCUT2D eigenvalue weighted by Gasteiger charge is -1.98. The second-order valence-electron chi connectivity index (χ2n) is 2.75. The molecule has 5 heteroatoms. The van der Waals surface area contributed by atoms with Gasteiger partial charge in [0.2, 0.25) is 0 Å². The molecule has 0 spiro atoms. The SMILES string of the molecule is Cn1[nH]c(=O)c2c(Cl)ccc(Br)c21. The molecule has 0 aliphatic rings. The van der Waals surface area contributed by atoms with E-state index >= 15 is 0 Å². The molecule has 1 N–H and O–H groups in total. The summed E-state index contributed by atoms with van der Waals surface area (Å²) in [5, 5.41) is 3.64. The fraction of sp³-hybridized carbons (Fsp3) is 0.125. The van der Waals surface area contributed by atoms with E-state index in [1.165, 1.54) is 0 Å². The zero-order valence-corrected chi connectivity index (χ0v) is 9.11. The minimum absolute atomic E-state index is 0.163. The van der Waals surface area contributed by atoms with Crippen molar-refractivity contribution in [2.75, 3.05) is 0 Å². The molecule has 68 valence electrons. The van der Waals surface area contributed by atoms with Gasteiger partial charge in [0.25, 0.3) is 5.56 Å². The van der Waals surface area contributed by atoms with E-state index in [9.17, 15) is 4.79 Å². The van der Waals surface area contributed by atoms with Crippen LogP contribution < -0.4 is 5.56 Å². The summed E-state index contributed by atoms with van der Waals surface area (Å²) in [6.45, 7) is 0. The predicted octanol–water partition coefficient (Wildman–Crippen LogP) is 2.28. The Morgan fingerprint density at radius 3 is 2.85 bits per heavy atom. The molecule has 2 aromatic rings. The zero-order chi connectivity index (χ0) is 9.59. The van der Waals surface area contributed by atoms with Gasteiger partial charge in [-0.25, -0.2) is 0 Å². The fourth-order valence-electron chi connectivity index (χ4n) is 1.35. The Labute approximate surface area is 87.4 Å². The molecule has 1 aromatic heterocycles. The zero-order valence-electron chi connectivity index (χ0n) is 6.77. The molecular formula is C8H6BrClN2O. The predicted molar refractivity (Wildman–Crippen MR) is 56.2 cm³/mol. The third-order valence-corrected chi connectivity index (χ3v) is 2.86. The smallest absolute Gasteiger partial charge is 0.273 e. The number of rotatable bonds is 0. The molecular weight excluding hydrogens is 255 g/mol. The Bertz CT molecular complexity index is 529. The van der Waals surface area contributed by atoms with E-state index in [1.807, 2.05) is 6.07 Å². The number of aryl methyl sites for hydroxylation is 1. The molecule has 13 heavy (non-hydrogen) atoms. The summed E-state index contributed by atoms with van der Waals surface area (Å²) < 4.78 is 2.50. The summed E-state index contributed by atoms with van der Waals surface area (Å²) in [7, 11) is 1.77. The maximum atomic E-state index is 11.4. The Morgan fingerprint density at radius 2 is 2.23 bits per heavy atom. The molecule has 0 saturated carbocycles. The first-order chi connectivity index (χ1) is 6.11. The van der Waals surface area contributed by atoms with Crippen molar-refractivity contribution in [3.63, 3.8) is 0 Å². The van der Waals surface area contributed by atoms with E-state index in [-0.39, 0.29) is 5.56 Å². The van der Waals surface area contributed by atoms with Crippen molar-refractivity contribution in [1.82, 2.24) is 9.78 Å². The van der Waals surface area contributed by atoms with Crippen LogP contribution in [0.1, 0.15) is 0 Å². The average molecular weight is 262 g/mol. The van der Waals surface area contributed by atoms with Gasteiger partial charge in [-0.15, -0.1) is 0 Å². The number of aromatic nitrogens is 2. The van der Waals surface area contributed by atoms with Crippen molar-refractivity contribution >= 4 is 38.4 Å². The molecule has 1 aromatic carbocycles. The highest BCUT2D eigenvalue weighted by atomic mass is 79.9. The number of hydrogen-bond acceptors (Lipinski definition) is 1. The molecule has 0 aliphatic carbocycles. The van der Waals surface area contributed by atoms with Crippen molar-refractivity contribution in [2.24, 2.45) is 7.05 Å². The van der Waals surface area contributed by atoms with Gasteiger partial charge < -0.3 is 0 Å². The van der Waals surface area contributed by atoms with Crippen LogP contribution in [0.15, 0.2) is 21.4 Å². The minimum Gasteiger partial charge on any atom is -0.286 e. The largest absolute Gasteiger partial charge is 0.286 e. The van der Waals surface area contributed by atoms with Gasteiger partial charge in [-0.3, -0.25) is 14.6 Å². The molecule has 3 nitrogen and oxygen atoms in total. The summed E-state index contributed by atoms with van der Waals surface area (Å²) in [5.74, 6) is 0. The van der Waals surface area contributed by atoms with E-state index in [1.54, 1.807) is 17.8 Å². The van der Waals surface area contributed by atoms with Gasteiger partial charge in [0.05, 0.1) is 15.9 Å². The van der Waals surface area contributed by atoms with Gasteiger partial charge in [0.1, 0.15) is 0 Å². The molecule has 0 atom stereocenters. The quantitative estimate of drug-likeness (QED) is 0.776. The molecule has 0 fully saturated rings. The minimum atomic E-state index is -0.163. The van der Waals surface area contributed by atoms with Gasteiger partial charge in [-0.05, 0) is 28.1 Å². The van der Waals surface area contributed by atoms with E-state index in [4.69, 9.17) is 11.6 Å². The third kappa shape index (κ3) is 1.21. The standard InChI is InChI=1S/C8H6BrClN2O/c1-12-7-4(9)2-3-5(10)6(7)8(13)11-12/h2-3H,1H3,(H,11,13). The third-order valence-electron chi connectivity index (χ3n) is 1.91. The van der Waals surface area contributed by atoms with Crippen LogP contribution >= 0.6 is 27.5 Å². The monoisotopic (exact) mass is 260 g/mol. The maximum absolute atomic E-state index is 11.4. The highest BCUT2D eigenvalue weighted by Crippen LogP contribution is 2.26. The van der Waals surface area contributed by atoms with Crippen LogP contribution in [-0.2, 0) is 7.05 Å². The van der Waals surface area contributed by atoms with Gasteiger partial charge in [-0.1, -0.05) is 11.6 Å². The number of halogens is 2. The molecule has 0 radical (unpaired) electrons. The molecule has 1 heterocycles. The van der Waals surface area contributed by atoms with Crippen LogP contribution in [0, 0.1) is 0 Å². The van der Waals surface area contributed by atoms with Crippen LogP contribution in [0.5, 0.6) is 0 Å². The number of benzene rings is 1. The van der Waals surface area contributed by atoms with E-state index < -0.39 is 0 Å². The van der Waals surface area contributed by atoms with Crippen molar-refractivity contribution in [3.05, 3.63) is 32.0 Å². The second kappa shape index (κ2) is 2.89. The molecule has 2 rings (SSSR count). The second-order valence-corrected chi connectivity index (χ2v) is 4.01. The topological polar surface area (TPSA) is 37.8 Å². The number of H-pyrrole nitrogens is 1. The van der Waals surface area contributed by atoms with E-state index in [2.05, 4.69) is 21.0 Å². The summed E-state index contributed by atoms with van der Waals surface area (Å²) in [5.41, 5.74) is 0.626. The van der Waals surface area contributed by atoms with E-state index in [0.717, 1.165) is 9.99 Å². The van der Waals surface area contributed by atoms with Gasteiger partial charge >= 0.3 is 0 Å². The van der Waals surface area contributed by atoms with Gasteiger partial charge in [0.15, 0.2) is 0 Å². The Morgan fingerprint density at radius 1 is 1.54 bits per heavy atom. The molecule has 0 amide bonds. The highest BCUT2D eigenvalue weighted by Gasteiger charge is 2.10. The Hall–Kier alpha value is -0.740. The van der Waals surface area contributed by atoms with Crippen molar-refractivity contribution in [1.29, 1.82) is 0 Å². The van der Waals surface area contributed by atoms with Crippen LogP contribution in [-0.4, -0.2) is 9.78 Å². The lowest BCUT2D eigenvalue weighted by molar-refractivity contribution is 0.782. The average Bonchev–Trinajstić information content (AvgIpc) is 2.36. The highest BCUT2D eigenvalue weighted by molar-refractivity contribution is 9.10. The first-order valence-corrected chi connectivity index (χ1v) is 4.81. The van der Waals surface area contributed by atoms with Gasteiger partial charge in [-0.2, -0.15) is 0 Å². The van der Waals surface area contributed by atoms with Crippen molar-refractivity contribution < 1.29 is 0 Å². The first kappa shape index (κ1) is 8.84. The molecule has 0 bridgehead atoms. The number of hydrogen-bond donors (Lipinski definition) is 1. The van der Waals surface area contributed by atoms with Gasteiger partial charge in [0, 0.05) is 11.5 Å². The maximum Gasteiger partial charge on any atom is 0.273 e. The summed E-state index contributed by atoms with van der Waals surface area (Å²) in [6.07, 6.45) is 0. The number of nitrogens with zero attached hydrogens (tertiary/aromatic N) is 1. The Balaban J connectivity index is 3.12. The van der Waals surface area contributed by atoms with Crippen molar-refractivity contribution in [3.8, 4) is 0 Å². The molecule has 0 aliphatic heterocycles. The summed E-state index contributed by atoms with van der Waals surface area (Å²) >= 11 is 9.25. The van der Waals surface area contributed by atoms with Crippen LogP contribution in [0.4, 0.5) is 0 Å². The lowest BCUT2D eigenvalue weighted by atomic mass is 10.2. The van der Waals surface area contributed by atoms with E-state index in [0.29, 0.717) is 10.4 Å². The molecule has 0 unspecified atom stereocenters. The number of fused-ring (bicyclic) bond motifs is 1. The van der Waals surface area contributed by atoms with Crippen LogP contribution in [0.2, 0.25) is 5.02 Å². The fourth-order valence-corrected chi connectivity index (χ4v) is 2.18. The number of aromatic amines is 1.